The monoisotopic (exact) mass is 561 g/mol. The average Bonchev–Trinajstić information content (AvgIpc) is 2.84. The van der Waals surface area contributed by atoms with E-state index in [9.17, 15) is 27.9 Å². The van der Waals surface area contributed by atoms with Crippen LogP contribution in [-0.2, 0) is 15.8 Å². The number of amides is 2. The number of aliphatic hydroxyl groups excluding tert-OH is 1. The largest absolute Gasteiger partial charge is 0.484 e. The predicted octanol–water partition coefficient (Wildman–Crippen LogP) is 3.91. The fourth-order valence-electron chi connectivity index (χ4n) is 4.81. The number of alkyl halides is 3. The van der Waals surface area contributed by atoms with E-state index in [1.54, 1.807) is 12.1 Å². The number of fused-ring (bicyclic) bond motifs is 3. The second-order valence-corrected chi connectivity index (χ2v) is 10.1. The van der Waals surface area contributed by atoms with Crippen molar-refractivity contribution in [1.29, 1.82) is 0 Å². The highest BCUT2D eigenvalue weighted by molar-refractivity contribution is 6.42. The first-order valence-electron chi connectivity index (χ1n) is 11.4. The number of carbonyl (C=O) groups is 2. The van der Waals surface area contributed by atoms with Crippen LogP contribution in [0.5, 0.6) is 11.5 Å². The van der Waals surface area contributed by atoms with Gasteiger partial charge in [0.1, 0.15) is 17.2 Å². The number of benzene rings is 1. The van der Waals surface area contributed by atoms with Crippen LogP contribution < -0.4 is 20.1 Å². The topological polar surface area (TPSA) is 110 Å². The van der Waals surface area contributed by atoms with Gasteiger partial charge >= 0.3 is 6.18 Å². The highest BCUT2D eigenvalue weighted by atomic mass is 35.5. The summed E-state index contributed by atoms with van der Waals surface area (Å²) in [6.45, 7) is -0.691. The van der Waals surface area contributed by atoms with Crippen molar-refractivity contribution in [1.82, 2.24) is 15.6 Å². The first-order chi connectivity index (χ1) is 17.4. The molecular weight excluding hydrogens is 538 g/mol. The first-order valence-corrected chi connectivity index (χ1v) is 12.2. The van der Waals surface area contributed by atoms with E-state index in [1.165, 1.54) is 6.07 Å². The maximum atomic E-state index is 12.6. The van der Waals surface area contributed by atoms with Gasteiger partial charge < -0.3 is 25.2 Å². The van der Waals surface area contributed by atoms with E-state index in [4.69, 9.17) is 32.7 Å². The Kier molecular flexibility index (Phi) is 7.77. The number of carbonyl (C=O) groups excluding carboxylic acids is 2. The molecule has 0 spiro atoms. The first kappa shape index (κ1) is 27.3. The quantitative estimate of drug-likeness (QED) is 0.450. The van der Waals surface area contributed by atoms with Crippen molar-refractivity contribution in [3.63, 3.8) is 0 Å². The lowest BCUT2D eigenvalue weighted by Crippen LogP contribution is -2.70. The third-order valence-corrected chi connectivity index (χ3v) is 7.51. The molecule has 2 bridgehead atoms. The predicted molar refractivity (Wildman–Crippen MR) is 128 cm³/mol. The zero-order valence-electron chi connectivity index (χ0n) is 19.4. The van der Waals surface area contributed by atoms with Crippen LogP contribution >= 0.6 is 23.2 Å². The van der Waals surface area contributed by atoms with Crippen LogP contribution in [0.25, 0.3) is 0 Å². The van der Waals surface area contributed by atoms with Crippen molar-refractivity contribution in [3.05, 3.63) is 52.3 Å². The summed E-state index contributed by atoms with van der Waals surface area (Å²) in [6.07, 6.45) is -2.41. The van der Waals surface area contributed by atoms with Crippen molar-refractivity contribution >= 4 is 35.0 Å². The fourth-order valence-corrected chi connectivity index (χ4v) is 5.09. The number of hydrogen-bond donors (Lipinski definition) is 3. The van der Waals surface area contributed by atoms with Gasteiger partial charge in [-0.3, -0.25) is 9.59 Å². The molecule has 1 aromatic carbocycles. The summed E-state index contributed by atoms with van der Waals surface area (Å²) in [5.74, 6) is -0.466. The molecule has 2 aromatic rings. The summed E-state index contributed by atoms with van der Waals surface area (Å²) in [5, 5.41) is 17.3. The summed E-state index contributed by atoms with van der Waals surface area (Å²) in [7, 11) is 0. The summed E-state index contributed by atoms with van der Waals surface area (Å²) >= 11 is 11.8. The van der Waals surface area contributed by atoms with E-state index in [0.29, 0.717) is 41.5 Å². The number of hydrogen-bond acceptors (Lipinski definition) is 6. The minimum absolute atomic E-state index is 0.0257. The highest BCUT2D eigenvalue weighted by Gasteiger charge is 2.55. The van der Waals surface area contributed by atoms with Crippen molar-refractivity contribution in [2.45, 2.75) is 55.5 Å². The molecule has 200 valence electrons. The van der Waals surface area contributed by atoms with E-state index in [0.717, 1.165) is 18.3 Å². The molecule has 1 atom stereocenters. The summed E-state index contributed by atoms with van der Waals surface area (Å²) in [5.41, 5.74) is -2.55. The van der Waals surface area contributed by atoms with E-state index in [1.807, 2.05) is 0 Å². The Balaban J connectivity index is 1.26. The van der Waals surface area contributed by atoms with Crippen LogP contribution in [0.4, 0.5) is 13.2 Å². The number of nitrogens with one attached hydrogen (secondary N) is 2. The molecule has 0 radical (unpaired) electrons. The van der Waals surface area contributed by atoms with E-state index in [2.05, 4.69) is 15.6 Å². The second kappa shape index (κ2) is 10.5. The zero-order chi connectivity index (χ0) is 26.8. The molecule has 2 amide bonds. The van der Waals surface area contributed by atoms with Crippen LogP contribution in [0.1, 0.15) is 37.8 Å². The molecule has 3 fully saturated rings. The molecule has 0 aliphatic heterocycles. The number of nitrogens with zero attached hydrogens (tertiary/aromatic N) is 1. The second-order valence-electron chi connectivity index (χ2n) is 9.28. The van der Waals surface area contributed by atoms with Crippen LogP contribution in [0.3, 0.4) is 0 Å². The van der Waals surface area contributed by atoms with Crippen molar-refractivity contribution in [2.24, 2.45) is 0 Å². The Bertz CT molecular complexity index is 1160. The molecule has 0 saturated heterocycles. The van der Waals surface area contributed by atoms with Gasteiger partial charge in [-0.1, -0.05) is 23.2 Å². The third kappa shape index (κ3) is 6.39. The lowest BCUT2D eigenvalue weighted by atomic mass is 9.60. The number of pyridine rings is 1. The highest BCUT2D eigenvalue weighted by Crippen LogP contribution is 2.47. The van der Waals surface area contributed by atoms with E-state index in [-0.39, 0.29) is 18.8 Å². The molecule has 0 unspecified atom stereocenters. The zero-order valence-corrected chi connectivity index (χ0v) is 20.9. The minimum atomic E-state index is -4.56. The summed E-state index contributed by atoms with van der Waals surface area (Å²) < 4.78 is 48.6. The fraction of sp³-hybridized carbons (Fsp3) is 0.458. The van der Waals surface area contributed by atoms with Crippen LogP contribution in [0.15, 0.2) is 36.5 Å². The molecule has 3 N–H and O–H groups in total. The lowest BCUT2D eigenvalue weighted by molar-refractivity contribution is -0.141. The number of halogens is 5. The van der Waals surface area contributed by atoms with Gasteiger partial charge in [-0.15, -0.1) is 0 Å². The molecule has 3 aliphatic carbocycles. The number of rotatable bonds is 8. The van der Waals surface area contributed by atoms with Crippen molar-refractivity contribution in [3.8, 4) is 11.5 Å². The van der Waals surface area contributed by atoms with Gasteiger partial charge in [0.25, 0.3) is 11.8 Å². The normalized spacial score (nSPS) is 24.9. The maximum absolute atomic E-state index is 12.6. The maximum Gasteiger partial charge on any atom is 0.433 e. The van der Waals surface area contributed by atoms with Gasteiger partial charge in [0.15, 0.2) is 13.2 Å². The Labute approximate surface area is 220 Å². The molecule has 5 rings (SSSR count). The molecule has 37 heavy (non-hydrogen) atoms. The Morgan fingerprint density at radius 3 is 2.16 bits per heavy atom. The van der Waals surface area contributed by atoms with E-state index < -0.39 is 47.5 Å². The molecule has 3 aliphatic rings. The van der Waals surface area contributed by atoms with Crippen molar-refractivity contribution in [2.75, 3.05) is 13.2 Å². The molecular formula is C24H24Cl2F3N3O5. The van der Waals surface area contributed by atoms with Crippen molar-refractivity contribution < 1.29 is 37.3 Å². The van der Waals surface area contributed by atoms with Gasteiger partial charge in [-0.25, -0.2) is 4.98 Å². The smallest absolute Gasteiger partial charge is 0.433 e. The molecule has 1 heterocycles. The van der Waals surface area contributed by atoms with Crippen LogP contribution in [0, 0.1) is 0 Å². The lowest BCUT2D eigenvalue weighted by Gasteiger charge is -2.56. The molecule has 13 heteroatoms. The summed E-state index contributed by atoms with van der Waals surface area (Å²) in [6, 6.07) is 6.51. The average molecular weight is 562 g/mol. The van der Waals surface area contributed by atoms with E-state index >= 15 is 0 Å². The molecule has 8 nitrogen and oxygen atoms in total. The van der Waals surface area contributed by atoms with Gasteiger partial charge in [0, 0.05) is 11.6 Å². The van der Waals surface area contributed by atoms with Gasteiger partial charge in [0.2, 0.25) is 0 Å². The van der Waals surface area contributed by atoms with Crippen LogP contribution in [-0.4, -0.2) is 52.3 Å². The SMILES string of the molecule is O=C(COc1ccc(C(F)(F)F)nc1)NC12CCC(NC(=O)COc3ccc(Cl)c(Cl)c3)(CC1)[C@@H](O)C2. The van der Waals surface area contributed by atoms with Gasteiger partial charge in [-0.05, 0) is 56.4 Å². The Morgan fingerprint density at radius 2 is 1.59 bits per heavy atom. The van der Waals surface area contributed by atoms with Gasteiger partial charge in [0.05, 0.1) is 27.9 Å². The molecule has 3 saturated carbocycles. The Morgan fingerprint density at radius 1 is 0.973 bits per heavy atom. The minimum Gasteiger partial charge on any atom is -0.484 e. The molecule has 1 aromatic heterocycles. The Hall–Kier alpha value is -2.76. The number of ether oxygens (including phenoxy) is 2. The van der Waals surface area contributed by atoms with Crippen LogP contribution in [0.2, 0.25) is 10.0 Å². The number of aliphatic hydroxyl groups is 1. The standard InChI is InChI=1S/C24H24Cl2F3N3O5/c25-16-3-1-14(9-17(16)26)36-13-21(35)32-23-7-5-22(6-8-23,10-19(23)33)31-20(34)12-37-15-2-4-18(30-11-15)24(27,28)29/h1-4,9,11,19,33H,5-8,10,12-13H2,(H,31,34)(H,32,35)/t19-,22?,23?/m0/s1. The van der Waals surface area contributed by atoms with Gasteiger partial charge in [-0.2, -0.15) is 13.2 Å². The number of aromatic nitrogens is 1. The summed E-state index contributed by atoms with van der Waals surface area (Å²) in [4.78, 5) is 28.3. The third-order valence-electron chi connectivity index (χ3n) is 6.77.